The number of halogens is 6. The molecule has 0 unspecified atom stereocenters. The van der Waals surface area contributed by atoms with Crippen LogP contribution in [0, 0.1) is 0 Å². The molecule has 0 fully saturated rings. The molecule has 0 aromatic carbocycles. The minimum Gasteiger partial charge on any atom is -0.246 e. The summed E-state index contributed by atoms with van der Waals surface area (Å²) in [6.07, 6.45) is -4.90. The molecule has 0 spiro atoms. The van der Waals surface area contributed by atoms with Crippen molar-refractivity contribution in [2.24, 2.45) is 0 Å². The van der Waals surface area contributed by atoms with Crippen molar-refractivity contribution in [2.45, 2.75) is 12.1 Å². The van der Waals surface area contributed by atoms with Gasteiger partial charge in [0.1, 0.15) is 0 Å². The third-order valence-electron chi connectivity index (χ3n) is 0.489. The van der Waals surface area contributed by atoms with Gasteiger partial charge in [-0.05, 0) is 0 Å². The first-order valence-electron chi connectivity index (χ1n) is 2.09. The molecule has 0 bridgehead atoms. The Balaban J connectivity index is 3.56. The molecular formula is C2H3F6NSi. The zero-order chi connectivity index (χ0) is 8.41. The van der Waals surface area contributed by atoms with E-state index in [1.54, 1.807) is 0 Å². The van der Waals surface area contributed by atoms with E-state index in [1.165, 1.54) is 0 Å². The smallest absolute Gasteiger partial charge is 0.246 e. The summed E-state index contributed by atoms with van der Waals surface area (Å²) in [5.41, 5.74) is 0. The Morgan fingerprint density at radius 2 is 1.30 bits per heavy atom. The van der Waals surface area contributed by atoms with Crippen LogP contribution in [0.15, 0.2) is 0 Å². The quantitative estimate of drug-likeness (QED) is 0.358. The van der Waals surface area contributed by atoms with Crippen LogP contribution in [0.25, 0.3) is 0 Å². The lowest BCUT2D eigenvalue weighted by Gasteiger charge is -2.09. The average Bonchev–Trinajstić information content (AvgIpc) is 1.57. The van der Waals surface area contributed by atoms with Crippen molar-refractivity contribution < 1.29 is 26.3 Å². The fraction of sp³-hybridized carbons (Fsp3) is 1.00. The largest absolute Gasteiger partial charge is 0.450 e. The number of nitrogens with one attached hydrogen (secondary N) is 1. The van der Waals surface area contributed by atoms with Gasteiger partial charge in [0.05, 0.1) is 0 Å². The second-order valence-corrected chi connectivity index (χ2v) is 2.98. The summed E-state index contributed by atoms with van der Waals surface area (Å²) in [5, 5.41) is 0. The molecule has 0 aliphatic carbocycles. The standard InChI is InChI=1S/C2H3F6NSi/c3-1(4,5)9-10-2(6,7)8/h9H,10H2. The fourth-order valence-corrected chi connectivity index (χ4v) is 0.601. The number of hydrogen-bond acceptors (Lipinski definition) is 1. The molecular weight excluding hydrogens is 180 g/mol. The Kier molecular flexibility index (Phi) is 2.72. The molecule has 1 N–H and O–H groups in total. The molecule has 0 aliphatic heterocycles. The normalized spacial score (nSPS) is 15.0. The molecule has 0 atom stereocenters. The molecule has 0 heterocycles. The maximum atomic E-state index is 11.1. The van der Waals surface area contributed by atoms with E-state index in [0.29, 0.717) is 4.98 Å². The fourth-order valence-electron chi connectivity index (χ4n) is 0.200. The summed E-state index contributed by atoms with van der Waals surface area (Å²) in [6, 6.07) is 0. The second-order valence-electron chi connectivity index (χ2n) is 1.47. The van der Waals surface area contributed by atoms with Crippen molar-refractivity contribution in [1.29, 1.82) is 0 Å². The van der Waals surface area contributed by atoms with Crippen molar-refractivity contribution in [3.05, 3.63) is 0 Å². The molecule has 0 amide bonds. The van der Waals surface area contributed by atoms with Gasteiger partial charge in [-0.15, -0.1) is 0 Å². The van der Waals surface area contributed by atoms with Crippen LogP contribution in [0.5, 0.6) is 0 Å². The Labute approximate surface area is 54.3 Å². The summed E-state index contributed by atoms with van der Waals surface area (Å²) in [7, 11) is -3.23. The van der Waals surface area contributed by atoms with E-state index in [9.17, 15) is 26.3 Å². The summed E-state index contributed by atoms with van der Waals surface area (Å²) in [4.78, 5) is 0.476. The Hall–Kier alpha value is -0.243. The predicted molar refractivity (Wildman–Crippen MR) is 23.8 cm³/mol. The van der Waals surface area contributed by atoms with Crippen molar-refractivity contribution in [3.63, 3.8) is 0 Å². The first-order valence-corrected chi connectivity index (χ1v) is 3.51. The molecule has 0 saturated carbocycles. The van der Waals surface area contributed by atoms with Gasteiger partial charge < -0.3 is 0 Å². The topological polar surface area (TPSA) is 12.0 Å². The zero-order valence-electron chi connectivity index (χ0n) is 4.47. The van der Waals surface area contributed by atoms with Crippen LogP contribution < -0.4 is 4.98 Å². The van der Waals surface area contributed by atoms with Gasteiger partial charge >= 0.3 is 12.1 Å². The lowest BCUT2D eigenvalue weighted by Crippen LogP contribution is -2.42. The lowest BCUT2D eigenvalue weighted by molar-refractivity contribution is -0.145. The molecule has 1 nitrogen and oxygen atoms in total. The summed E-state index contributed by atoms with van der Waals surface area (Å²) >= 11 is 0. The number of rotatable bonds is 1. The highest BCUT2D eigenvalue weighted by molar-refractivity contribution is 6.34. The highest BCUT2D eigenvalue weighted by Gasteiger charge is 2.35. The summed E-state index contributed by atoms with van der Waals surface area (Å²) in [6.45, 7) is 0. The van der Waals surface area contributed by atoms with Gasteiger partial charge in [-0.2, -0.15) is 26.3 Å². The van der Waals surface area contributed by atoms with Crippen LogP contribution in [-0.2, 0) is 0 Å². The predicted octanol–water partition coefficient (Wildman–Crippen LogP) is 0.699. The van der Waals surface area contributed by atoms with Crippen LogP contribution in [0.1, 0.15) is 0 Å². The highest BCUT2D eigenvalue weighted by atomic mass is 28.2. The second kappa shape index (κ2) is 2.78. The van der Waals surface area contributed by atoms with Gasteiger partial charge in [-0.25, -0.2) is 4.98 Å². The number of alkyl halides is 6. The molecule has 10 heavy (non-hydrogen) atoms. The third kappa shape index (κ3) is 7.76. The number of hydrogen-bond donors (Lipinski definition) is 1. The Bertz CT molecular complexity index is 89.3. The first-order chi connectivity index (χ1) is 4.21. The van der Waals surface area contributed by atoms with E-state index in [0.717, 1.165) is 0 Å². The molecule has 0 aliphatic rings. The van der Waals surface area contributed by atoms with E-state index in [2.05, 4.69) is 0 Å². The van der Waals surface area contributed by atoms with E-state index in [4.69, 9.17) is 0 Å². The molecule has 0 aromatic rings. The van der Waals surface area contributed by atoms with E-state index in [-0.39, 0.29) is 0 Å². The molecule has 8 heteroatoms. The molecule has 0 rings (SSSR count). The summed E-state index contributed by atoms with van der Waals surface area (Å²) in [5.74, 6) is -4.69. The minimum absolute atomic E-state index is 0.476. The van der Waals surface area contributed by atoms with E-state index in [1.807, 2.05) is 0 Å². The van der Waals surface area contributed by atoms with Crippen molar-refractivity contribution >= 4 is 9.68 Å². The van der Waals surface area contributed by atoms with Crippen LogP contribution in [0.4, 0.5) is 26.3 Å². The third-order valence-corrected chi connectivity index (χ3v) is 1.47. The maximum absolute atomic E-state index is 11.1. The molecule has 0 aromatic heterocycles. The van der Waals surface area contributed by atoms with Crippen LogP contribution in [-0.4, -0.2) is 21.8 Å². The van der Waals surface area contributed by atoms with Crippen molar-refractivity contribution in [2.75, 3.05) is 0 Å². The molecule has 0 radical (unpaired) electrons. The average molecular weight is 183 g/mol. The zero-order valence-corrected chi connectivity index (χ0v) is 5.89. The van der Waals surface area contributed by atoms with Gasteiger partial charge in [0.2, 0.25) is 9.68 Å². The van der Waals surface area contributed by atoms with Gasteiger partial charge in [0.15, 0.2) is 0 Å². The first kappa shape index (κ1) is 9.76. The van der Waals surface area contributed by atoms with Gasteiger partial charge in [-0.1, -0.05) is 0 Å². The van der Waals surface area contributed by atoms with Crippen LogP contribution in [0.3, 0.4) is 0 Å². The Morgan fingerprint density at radius 3 is 1.40 bits per heavy atom. The molecule has 0 saturated heterocycles. The van der Waals surface area contributed by atoms with Crippen LogP contribution >= 0.6 is 0 Å². The van der Waals surface area contributed by atoms with E-state index < -0.39 is 21.8 Å². The minimum atomic E-state index is -4.90. The van der Waals surface area contributed by atoms with Crippen molar-refractivity contribution in [1.82, 2.24) is 4.98 Å². The monoisotopic (exact) mass is 183 g/mol. The van der Waals surface area contributed by atoms with E-state index >= 15 is 0 Å². The highest BCUT2D eigenvalue weighted by Crippen LogP contribution is 2.15. The van der Waals surface area contributed by atoms with Crippen molar-refractivity contribution in [3.8, 4) is 0 Å². The van der Waals surface area contributed by atoms with Gasteiger partial charge in [-0.3, -0.25) is 0 Å². The molecule has 62 valence electrons. The van der Waals surface area contributed by atoms with Gasteiger partial charge in [0.25, 0.3) is 0 Å². The Morgan fingerprint density at radius 1 is 0.900 bits per heavy atom. The van der Waals surface area contributed by atoms with Crippen LogP contribution in [0.2, 0.25) is 0 Å². The SMILES string of the molecule is FC(F)(F)N[SiH2]C(F)(F)F. The lowest BCUT2D eigenvalue weighted by atomic mass is 11.3. The van der Waals surface area contributed by atoms with Gasteiger partial charge in [0, 0.05) is 0 Å². The maximum Gasteiger partial charge on any atom is 0.450 e. The summed E-state index contributed by atoms with van der Waals surface area (Å²) < 4.78 is 66.3.